The van der Waals surface area contributed by atoms with Crippen LogP contribution in [0.1, 0.15) is 104 Å². The molecule has 2 fully saturated rings. The van der Waals surface area contributed by atoms with Crippen molar-refractivity contribution < 1.29 is 0 Å². The summed E-state index contributed by atoms with van der Waals surface area (Å²) in [5, 5.41) is 0. The number of hydrogen-bond donors (Lipinski definition) is 0. The minimum Gasteiger partial charge on any atom is -0.307 e. The fourth-order valence-electron chi connectivity index (χ4n) is 9.98. The van der Waals surface area contributed by atoms with Gasteiger partial charge in [-0.1, -0.05) is 121 Å². The van der Waals surface area contributed by atoms with E-state index in [2.05, 4.69) is 128 Å². The van der Waals surface area contributed by atoms with E-state index in [1.54, 1.807) is 0 Å². The molecular weight excluding hydrogens is 579 g/mol. The minimum absolute atomic E-state index is 0.177. The van der Waals surface area contributed by atoms with E-state index in [9.17, 15) is 0 Å². The van der Waals surface area contributed by atoms with Crippen LogP contribution in [0.5, 0.6) is 0 Å². The summed E-state index contributed by atoms with van der Waals surface area (Å²) in [6.45, 7) is 7.07. The Morgan fingerprint density at radius 3 is 1.75 bits per heavy atom. The van der Waals surface area contributed by atoms with Crippen LogP contribution in [0.15, 0.2) is 97.1 Å². The van der Waals surface area contributed by atoms with Gasteiger partial charge in [0.2, 0.25) is 6.71 Å². The molecule has 2 heterocycles. The molecule has 0 aromatic heterocycles. The highest BCUT2D eigenvalue weighted by Crippen LogP contribution is 2.54. The third-order valence-electron chi connectivity index (χ3n) is 12.1. The molecule has 0 N–H and O–H groups in total. The number of benzene rings is 5. The van der Waals surface area contributed by atoms with E-state index in [0.29, 0.717) is 11.8 Å². The smallest absolute Gasteiger partial charge is 0.247 e. The van der Waals surface area contributed by atoms with Gasteiger partial charge in [0.15, 0.2) is 0 Å². The summed E-state index contributed by atoms with van der Waals surface area (Å²) in [6.07, 6.45) is 13.5. The number of anilines is 6. The van der Waals surface area contributed by atoms with E-state index < -0.39 is 0 Å². The number of hydrogen-bond acceptors (Lipinski definition) is 2. The van der Waals surface area contributed by atoms with Crippen molar-refractivity contribution in [1.82, 2.24) is 0 Å². The minimum atomic E-state index is 0.177. The van der Waals surface area contributed by atoms with Crippen LogP contribution in [0, 0.1) is 20.8 Å². The fraction of sp³-hybridized carbons (Fsp3) is 0.333. The zero-order chi connectivity index (χ0) is 32.4. The van der Waals surface area contributed by atoms with Crippen LogP contribution in [0.3, 0.4) is 0 Å². The maximum atomic E-state index is 2.61. The maximum absolute atomic E-state index is 2.61. The van der Waals surface area contributed by atoms with Crippen molar-refractivity contribution in [2.24, 2.45) is 0 Å². The zero-order valence-electron chi connectivity index (χ0n) is 28.9. The van der Waals surface area contributed by atoms with Gasteiger partial charge in [-0.2, -0.15) is 0 Å². The third kappa shape index (κ3) is 4.84. The number of nitrogens with zero attached hydrogens (tertiary/aromatic N) is 2. The summed E-state index contributed by atoms with van der Waals surface area (Å²) in [4.78, 5) is 5.13. The molecule has 240 valence electrons. The topological polar surface area (TPSA) is 6.48 Å². The molecular formula is C45H47BN2. The largest absolute Gasteiger partial charge is 0.307 e. The molecule has 2 aliphatic heterocycles. The predicted molar refractivity (Wildman–Crippen MR) is 206 cm³/mol. The van der Waals surface area contributed by atoms with Crippen LogP contribution >= 0.6 is 0 Å². The Kier molecular flexibility index (Phi) is 7.48. The number of rotatable bonds is 4. The first-order valence-electron chi connectivity index (χ1n) is 18.7. The lowest BCUT2D eigenvalue weighted by atomic mass is 9.33. The van der Waals surface area contributed by atoms with Gasteiger partial charge < -0.3 is 9.80 Å². The molecule has 2 aliphatic carbocycles. The van der Waals surface area contributed by atoms with E-state index in [0.717, 1.165) is 0 Å². The molecule has 9 rings (SSSR count). The first-order valence-corrected chi connectivity index (χ1v) is 18.7. The lowest BCUT2D eigenvalue weighted by molar-refractivity contribution is 0.443. The monoisotopic (exact) mass is 626 g/mol. The van der Waals surface area contributed by atoms with E-state index in [4.69, 9.17) is 0 Å². The Morgan fingerprint density at radius 2 is 1.08 bits per heavy atom. The molecule has 0 amide bonds. The highest BCUT2D eigenvalue weighted by atomic mass is 15.3. The maximum Gasteiger partial charge on any atom is 0.247 e. The third-order valence-corrected chi connectivity index (χ3v) is 12.1. The van der Waals surface area contributed by atoms with Gasteiger partial charge in [-0.25, -0.2) is 0 Å². The van der Waals surface area contributed by atoms with Crippen molar-refractivity contribution in [1.29, 1.82) is 0 Å². The molecule has 2 nitrogen and oxygen atoms in total. The van der Waals surface area contributed by atoms with Crippen LogP contribution in [0.2, 0.25) is 0 Å². The summed E-state index contributed by atoms with van der Waals surface area (Å²) in [5.74, 6) is 1.37. The summed E-state index contributed by atoms with van der Waals surface area (Å²) in [7, 11) is 0. The van der Waals surface area contributed by atoms with Gasteiger partial charge in [-0.3, -0.25) is 0 Å². The van der Waals surface area contributed by atoms with Gasteiger partial charge in [0.25, 0.3) is 0 Å². The molecule has 4 aliphatic rings. The van der Waals surface area contributed by atoms with Crippen molar-refractivity contribution >= 4 is 57.2 Å². The lowest BCUT2D eigenvalue weighted by Gasteiger charge is -2.46. The number of para-hydroxylation sites is 3. The highest BCUT2D eigenvalue weighted by Gasteiger charge is 2.42. The Labute approximate surface area is 287 Å². The van der Waals surface area contributed by atoms with Gasteiger partial charge in [0.1, 0.15) is 0 Å². The molecule has 48 heavy (non-hydrogen) atoms. The van der Waals surface area contributed by atoms with Gasteiger partial charge in [0, 0.05) is 11.4 Å². The predicted octanol–water partition coefficient (Wildman–Crippen LogP) is 10.8. The standard InChI is InChI=1S/C45H47BN2/c1-30-27-31(2)44(32(3)28-30)46-38-17-12-20-43-45(38)48(40-26-23-36(29-39(40)46)34-15-8-5-9-16-34)42-19-11-10-18-41(42)47(43)37-24-21-35(22-25-37)33-13-6-4-7-14-33/h10-12,17-29,33-34H,4-9,13-16H2,1-3H3. The first kappa shape index (κ1) is 29.9. The van der Waals surface area contributed by atoms with Crippen LogP contribution in [-0.4, -0.2) is 6.71 Å². The molecule has 0 unspecified atom stereocenters. The molecule has 5 aromatic rings. The van der Waals surface area contributed by atoms with Gasteiger partial charge in [-0.05, 0) is 117 Å². The summed E-state index contributed by atoms with van der Waals surface area (Å²) in [6, 6.07) is 38.1. The van der Waals surface area contributed by atoms with Crippen molar-refractivity contribution in [3.05, 3.63) is 125 Å². The van der Waals surface area contributed by atoms with Gasteiger partial charge in [0.05, 0.1) is 22.7 Å². The molecule has 2 saturated carbocycles. The van der Waals surface area contributed by atoms with Crippen LogP contribution in [-0.2, 0) is 0 Å². The van der Waals surface area contributed by atoms with Crippen molar-refractivity contribution in [3.63, 3.8) is 0 Å². The molecule has 0 bridgehead atoms. The van der Waals surface area contributed by atoms with Crippen LogP contribution < -0.4 is 26.2 Å². The van der Waals surface area contributed by atoms with E-state index >= 15 is 0 Å². The Hall–Kier alpha value is -4.24. The van der Waals surface area contributed by atoms with E-state index in [1.807, 2.05) is 0 Å². The van der Waals surface area contributed by atoms with Crippen molar-refractivity contribution in [2.45, 2.75) is 96.8 Å². The van der Waals surface area contributed by atoms with E-state index in [1.165, 1.54) is 143 Å². The summed E-state index contributed by atoms with van der Waals surface area (Å²) >= 11 is 0. The fourth-order valence-corrected chi connectivity index (χ4v) is 9.98. The molecule has 5 aromatic carbocycles. The Balaban J connectivity index is 1.26. The second-order valence-electron chi connectivity index (χ2n) is 15.2. The van der Waals surface area contributed by atoms with E-state index in [-0.39, 0.29) is 6.71 Å². The van der Waals surface area contributed by atoms with Crippen LogP contribution in [0.4, 0.5) is 34.1 Å². The molecule has 0 radical (unpaired) electrons. The second-order valence-corrected chi connectivity index (χ2v) is 15.2. The molecule has 3 heteroatoms. The Bertz CT molecular complexity index is 1970. The van der Waals surface area contributed by atoms with Crippen molar-refractivity contribution in [2.75, 3.05) is 9.80 Å². The van der Waals surface area contributed by atoms with Crippen LogP contribution in [0.25, 0.3) is 0 Å². The molecule has 0 saturated heterocycles. The number of fused-ring (bicyclic) bond motifs is 4. The zero-order valence-corrected chi connectivity index (χ0v) is 28.9. The Morgan fingerprint density at radius 1 is 0.500 bits per heavy atom. The summed E-state index contributed by atoms with van der Waals surface area (Å²) in [5.41, 5.74) is 19.2. The quantitative estimate of drug-likeness (QED) is 0.179. The van der Waals surface area contributed by atoms with Crippen molar-refractivity contribution in [3.8, 4) is 0 Å². The molecule has 0 spiro atoms. The second kappa shape index (κ2) is 12.0. The first-order chi connectivity index (χ1) is 23.6. The summed E-state index contributed by atoms with van der Waals surface area (Å²) < 4.78 is 0. The highest BCUT2D eigenvalue weighted by molar-refractivity contribution is 6.98. The van der Waals surface area contributed by atoms with Gasteiger partial charge >= 0.3 is 0 Å². The average Bonchev–Trinajstić information content (AvgIpc) is 3.12. The van der Waals surface area contributed by atoms with Gasteiger partial charge in [-0.15, -0.1) is 0 Å². The lowest BCUT2D eigenvalue weighted by Crippen LogP contribution is -2.59. The normalized spacial score (nSPS) is 17.6. The number of aryl methyl sites for hydroxylation is 3. The average molecular weight is 627 g/mol. The molecule has 0 atom stereocenters. The SMILES string of the molecule is Cc1cc(C)c(B2c3cc(C4CCCCC4)ccc3N3c4ccccc4N(c4ccc(C5CCCCC5)cc4)c4cccc2c43)c(C)c1.